The second kappa shape index (κ2) is 5.80. The highest BCUT2D eigenvalue weighted by atomic mass is 32.1. The van der Waals surface area contributed by atoms with E-state index >= 15 is 0 Å². The van der Waals surface area contributed by atoms with Crippen molar-refractivity contribution in [2.45, 2.75) is 12.2 Å². The first kappa shape index (κ1) is 13.7. The summed E-state index contributed by atoms with van der Waals surface area (Å²) in [4.78, 5) is 13.6. The average molecular weight is 260 g/mol. The number of thiol groups is 1. The largest absolute Gasteiger partial charge is 0.481 e. The van der Waals surface area contributed by atoms with E-state index in [0.29, 0.717) is 0 Å². The van der Waals surface area contributed by atoms with E-state index < -0.39 is 17.1 Å². The van der Waals surface area contributed by atoms with Crippen LogP contribution in [0, 0.1) is 10.1 Å². The molecule has 1 heterocycles. The van der Waals surface area contributed by atoms with Gasteiger partial charge in [0.05, 0.1) is 23.7 Å². The number of pyridine rings is 1. The van der Waals surface area contributed by atoms with Crippen LogP contribution in [-0.4, -0.2) is 39.1 Å². The Kier molecular flexibility index (Phi) is 4.67. The van der Waals surface area contributed by atoms with E-state index in [1.54, 1.807) is 0 Å². The minimum absolute atomic E-state index is 0.00696. The van der Waals surface area contributed by atoms with Crippen molar-refractivity contribution in [1.29, 1.82) is 0 Å². The van der Waals surface area contributed by atoms with Gasteiger partial charge in [-0.05, 0) is 0 Å². The van der Waals surface area contributed by atoms with E-state index in [1.165, 1.54) is 7.11 Å². The molecule has 17 heavy (non-hydrogen) atoms. The molecule has 0 radical (unpaired) electrons. The fraction of sp³-hybridized carbons (Fsp3) is 0.444. The van der Waals surface area contributed by atoms with E-state index in [-0.39, 0.29) is 22.9 Å². The zero-order valence-electron chi connectivity index (χ0n) is 8.98. The molecule has 0 saturated heterocycles. The number of methoxy groups -OCH3 is 1. The molecule has 2 unspecified atom stereocenters. The van der Waals surface area contributed by atoms with Crippen LogP contribution in [0.5, 0.6) is 5.88 Å². The summed E-state index contributed by atoms with van der Waals surface area (Å²) in [6.07, 6.45) is -1.48. The lowest BCUT2D eigenvalue weighted by atomic mass is 10.1. The smallest absolute Gasteiger partial charge is 0.288 e. The summed E-state index contributed by atoms with van der Waals surface area (Å²) in [7, 11) is 1.32. The van der Waals surface area contributed by atoms with Gasteiger partial charge in [0.25, 0.3) is 5.69 Å². The topological polar surface area (TPSA) is 106 Å². The Bertz CT molecular complexity index is 414. The van der Waals surface area contributed by atoms with Gasteiger partial charge >= 0.3 is 0 Å². The maximum atomic E-state index is 10.6. The predicted molar refractivity (Wildman–Crippen MR) is 62.3 cm³/mol. The molecule has 0 bridgehead atoms. The first-order valence-electron chi connectivity index (χ1n) is 4.66. The molecule has 7 nitrogen and oxygen atoms in total. The van der Waals surface area contributed by atoms with Crippen molar-refractivity contribution in [3.63, 3.8) is 0 Å². The third-order valence-corrected chi connectivity index (χ3v) is 2.51. The Labute approximate surface area is 103 Å². The van der Waals surface area contributed by atoms with Crippen molar-refractivity contribution in [3.8, 4) is 5.88 Å². The zero-order chi connectivity index (χ0) is 13.0. The molecular weight excluding hydrogens is 248 g/mol. The lowest BCUT2D eigenvalue weighted by Gasteiger charge is -2.17. The summed E-state index contributed by atoms with van der Waals surface area (Å²) in [5.41, 5.74) is -0.227. The lowest BCUT2D eigenvalue weighted by Crippen LogP contribution is -2.20. The molecule has 0 saturated carbocycles. The van der Waals surface area contributed by atoms with Crippen LogP contribution in [0.4, 0.5) is 5.69 Å². The maximum Gasteiger partial charge on any atom is 0.288 e. The number of nitrogens with zero attached hydrogens (tertiary/aromatic N) is 2. The number of hydrogen-bond acceptors (Lipinski definition) is 7. The van der Waals surface area contributed by atoms with E-state index in [4.69, 9.17) is 4.74 Å². The molecule has 0 aromatic carbocycles. The number of nitro groups is 1. The van der Waals surface area contributed by atoms with Gasteiger partial charge in [-0.25, -0.2) is 4.98 Å². The molecule has 0 aliphatic heterocycles. The van der Waals surface area contributed by atoms with Gasteiger partial charge in [-0.15, -0.1) is 0 Å². The van der Waals surface area contributed by atoms with Gasteiger partial charge in [-0.2, -0.15) is 12.6 Å². The third kappa shape index (κ3) is 3.05. The first-order valence-corrected chi connectivity index (χ1v) is 5.29. The van der Waals surface area contributed by atoms with E-state index in [1.807, 2.05) is 0 Å². The molecule has 94 valence electrons. The van der Waals surface area contributed by atoms with E-state index in [9.17, 15) is 20.3 Å². The van der Waals surface area contributed by atoms with Crippen LogP contribution in [0.3, 0.4) is 0 Å². The van der Waals surface area contributed by atoms with Crippen LogP contribution < -0.4 is 4.74 Å². The second-order valence-electron chi connectivity index (χ2n) is 3.24. The normalized spacial score (nSPS) is 14.1. The Balaban J connectivity index is 3.18. The van der Waals surface area contributed by atoms with E-state index in [0.717, 1.165) is 12.3 Å². The molecule has 0 aliphatic carbocycles. The van der Waals surface area contributed by atoms with Gasteiger partial charge < -0.3 is 14.9 Å². The fourth-order valence-electron chi connectivity index (χ4n) is 1.25. The molecule has 0 amide bonds. The quantitative estimate of drug-likeness (QED) is 0.400. The monoisotopic (exact) mass is 260 g/mol. The van der Waals surface area contributed by atoms with Crippen LogP contribution in [0.1, 0.15) is 11.7 Å². The average Bonchev–Trinajstić information content (AvgIpc) is 2.35. The summed E-state index contributed by atoms with van der Waals surface area (Å²) < 4.78 is 4.87. The minimum Gasteiger partial charge on any atom is -0.481 e. The number of rotatable bonds is 5. The third-order valence-electron chi connectivity index (χ3n) is 2.14. The van der Waals surface area contributed by atoms with Gasteiger partial charge in [0.1, 0.15) is 12.3 Å². The maximum absolute atomic E-state index is 10.6. The molecule has 2 atom stereocenters. The molecule has 0 spiro atoms. The summed E-state index contributed by atoms with van der Waals surface area (Å²) in [6, 6.07) is 1.11. The zero-order valence-corrected chi connectivity index (χ0v) is 9.87. The van der Waals surface area contributed by atoms with Gasteiger partial charge in [0.2, 0.25) is 5.88 Å². The lowest BCUT2D eigenvalue weighted by molar-refractivity contribution is -0.385. The van der Waals surface area contributed by atoms with Crippen molar-refractivity contribution in [3.05, 3.63) is 27.9 Å². The van der Waals surface area contributed by atoms with Gasteiger partial charge in [-0.3, -0.25) is 10.1 Å². The summed E-state index contributed by atoms with van der Waals surface area (Å²) >= 11 is 3.83. The highest BCUT2D eigenvalue weighted by Gasteiger charge is 2.24. The molecule has 1 aromatic heterocycles. The van der Waals surface area contributed by atoms with Crippen LogP contribution in [0.2, 0.25) is 0 Å². The number of aliphatic hydroxyl groups excluding tert-OH is 2. The molecule has 8 heteroatoms. The van der Waals surface area contributed by atoms with Crippen LogP contribution in [0.15, 0.2) is 12.3 Å². The molecule has 1 rings (SSSR count). The summed E-state index contributed by atoms with van der Waals surface area (Å²) in [5, 5.41) is 29.8. The fourth-order valence-corrected chi connectivity index (χ4v) is 1.45. The molecule has 0 aliphatic rings. The number of ether oxygens (including phenoxy) is 1. The van der Waals surface area contributed by atoms with Gasteiger partial charge in [0, 0.05) is 11.8 Å². The van der Waals surface area contributed by atoms with Gasteiger partial charge in [-0.1, -0.05) is 0 Å². The Morgan fingerprint density at radius 3 is 2.76 bits per heavy atom. The highest BCUT2D eigenvalue weighted by molar-refractivity contribution is 7.80. The standard InChI is InChI=1S/C9H12N2O5S/c1-16-9-6(8(13)7(12)4-17)2-5(3-10-9)11(14)15/h2-3,7-8,12-13,17H,4H2,1H3. The molecular formula is C9H12N2O5S. The van der Waals surface area contributed by atoms with Crippen molar-refractivity contribution >= 4 is 18.3 Å². The Hall–Kier alpha value is -1.38. The Morgan fingerprint density at radius 1 is 1.65 bits per heavy atom. The van der Waals surface area contributed by atoms with Crippen molar-refractivity contribution in [1.82, 2.24) is 4.98 Å². The highest BCUT2D eigenvalue weighted by Crippen LogP contribution is 2.28. The Morgan fingerprint density at radius 2 is 2.29 bits per heavy atom. The van der Waals surface area contributed by atoms with E-state index in [2.05, 4.69) is 17.6 Å². The van der Waals surface area contributed by atoms with Crippen LogP contribution in [-0.2, 0) is 0 Å². The molecule has 2 N–H and O–H groups in total. The van der Waals surface area contributed by atoms with Crippen molar-refractivity contribution in [2.75, 3.05) is 12.9 Å². The second-order valence-corrected chi connectivity index (χ2v) is 3.61. The summed E-state index contributed by atoms with van der Waals surface area (Å²) in [5.74, 6) is 0.0384. The molecule has 0 fully saturated rings. The predicted octanol–water partition coefficient (Wildman–Crippen LogP) is 0.322. The van der Waals surface area contributed by atoms with Crippen LogP contribution >= 0.6 is 12.6 Å². The molecule has 1 aromatic rings. The summed E-state index contributed by atoms with van der Waals surface area (Å²) in [6.45, 7) is 0. The minimum atomic E-state index is -1.34. The van der Waals surface area contributed by atoms with Crippen LogP contribution in [0.25, 0.3) is 0 Å². The number of hydrogen-bond donors (Lipinski definition) is 3. The SMILES string of the molecule is COc1ncc([N+](=O)[O-])cc1C(O)C(O)CS. The number of aromatic nitrogens is 1. The number of aliphatic hydroxyl groups is 2. The van der Waals surface area contributed by atoms with Crippen molar-refractivity contribution < 1.29 is 19.9 Å². The van der Waals surface area contributed by atoms with Gasteiger partial charge in [0.15, 0.2) is 0 Å². The first-order chi connectivity index (χ1) is 8.01. The van der Waals surface area contributed by atoms with Crippen molar-refractivity contribution in [2.24, 2.45) is 0 Å².